The zero-order chi connectivity index (χ0) is 15.8. The maximum atomic E-state index is 4.46. The van der Waals surface area contributed by atoms with Crippen molar-refractivity contribution in [1.82, 2.24) is 15.0 Å². The van der Waals surface area contributed by atoms with Crippen molar-refractivity contribution in [1.29, 1.82) is 0 Å². The van der Waals surface area contributed by atoms with Crippen molar-refractivity contribution < 1.29 is 0 Å². The Morgan fingerprint density at radius 3 is 2.68 bits per heavy atom. The molecule has 0 aromatic carbocycles. The molecule has 0 saturated heterocycles. The van der Waals surface area contributed by atoms with Gasteiger partial charge in [0.05, 0.1) is 5.69 Å². The Bertz CT molecular complexity index is 568. The van der Waals surface area contributed by atoms with Gasteiger partial charge in [0.15, 0.2) is 0 Å². The topological polar surface area (TPSA) is 62.7 Å². The first-order valence-corrected chi connectivity index (χ1v) is 7.94. The van der Waals surface area contributed by atoms with Crippen LogP contribution in [0.1, 0.15) is 33.1 Å². The van der Waals surface area contributed by atoms with Crippen LogP contribution in [-0.2, 0) is 0 Å². The molecule has 0 aliphatic rings. The monoisotopic (exact) mass is 299 g/mol. The minimum absolute atomic E-state index is 0.615. The van der Waals surface area contributed by atoms with E-state index in [0.29, 0.717) is 5.95 Å². The van der Waals surface area contributed by atoms with Crippen LogP contribution in [0.3, 0.4) is 0 Å². The molecule has 2 aromatic heterocycles. The number of hydrogen-bond acceptors (Lipinski definition) is 5. The average molecular weight is 299 g/mol. The normalized spacial score (nSPS) is 12.0. The smallest absolute Gasteiger partial charge is 0.222 e. The number of hydrogen-bond donors (Lipinski definition) is 2. The predicted molar refractivity (Wildman–Crippen MR) is 92.0 cm³/mol. The molecule has 5 nitrogen and oxygen atoms in total. The lowest BCUT2D eigenvalue weighted by Crippen LogP contribution is -2.07. The highest BCUT2D eigenvalue weighted by molar-refractivity contribution is 5.60. The molecule has 22 heavy (non-hydrogen) atoms. The van der Waals surface area contributed by atoms with E-state index >= 15 is 0 Å². The summed E-state index contributed by atoms with van der Waals surface area (Å²) in [5.41, 5.74) is 1.86. The second-order valence-electron chi connectivity index (χ2n) is 5.56. The highest BCUT2D eigenvalue weighted by Gasteiger charge is 2.03. The summed E-state index contributed by atoms with van der Waals surface area (Å²) < 4.78 is 0. The molecule has 1 unspecified atom stereocenters. The van der Waals surface area contributed by atoms with Gasteiger partial charge in [-0.25, -0.2) is 15.0 Å². The minimum Gasteiger partial charge on any atom is -0.370 e. The first-order valence-electron chi connectivity index (χ1n) is 7.94. The van der Waals surface area contributed by atoms with E-state index in [1.807, 2.05) is 31.4 Å². The van der Waals surface area contributed by atoms with E-state index in [-0.39, 0.29) is 0 Å². The van der Waals surface area contributed by atoms with E-state index in [4.69, 9.17) is 0 Å². The Hall–Kier alpha value is -2.17. The second-order valence-corrected chi connectivity index (χ2v) is 5.56. The van der Waals surface area contributed by atoms with E-state index in [9.17, 15) is 0 Å². The van der Waals surface area contributed by atoms with Crippen LogP contribution in [0.15, 0.2) is 30.6 Å². The molecule has 0 fully saturated rings. The molecule has 0 aliphatic carbocycles. The first-order chi connectivity index (χ1) is 10.7. The summed E-state index contributed by atoms with van der Waals surface area (Å²) >= 11 is 0. The van der Waals surface area contributed by atoms with E-state index < -0.39 is 0 Å². The van der Waals surface area contributed by atoms with E-state index in [0.717, 1.165) is 29.5 Å². The second kappa shape index (κ2) is 8.32. The quantitative estimate of drug-likeness (QED) is 0.776. The molecule has 2 rings (SSSR count). The van der Waals surface area contributed by atoms with Gasteiger partial charge >= 0.3 is 0 Å². The molecule has 0 spiro atoms. The Labute approximate surface area is 132 Å². The number of rotatable bonds is 8. The van der Waals surface area contributed by atoms with Gasteiger partial charge in [0.1, 0.15) is 5.82 Å². The van der Waals surface area contributed by atoms with Crippen LogP contribution in [0.5, 0.6) is 0 Å². The maximum Gasteiger partial charge on any atom is 0.222 e. The summed E-state index contributed by atoms with van der Waals surface area (Å²) in [6.45, 7) is 5.50. The van der Waals surface area contributed by atoms with Gasteiger partial charge in [-0.15, -0.1) is 0 Å². The summed E-state index contributed by atoms with van der Waals surface area (Å²) in [6.07, 6.45) is 7.31. The molecular formula is C17H25N5. The molecular weight excluding hydrogens is 274 g/mol. The van der Waals surface area contributed by atoms with Crippen molar-refractivity contribution in [2.45, 2.75) is 33.1 Å². The van der Waals surface area contributed by atoms with Crippen LogP contribution in [0.25, 0.3) is 11.3 Å². The van der Waals surface area contributed by atoms with Crippen LogP contribution >= 0.6 is 0 Å². The fraction of sp³-hybridized carbons (Fsp3) is 0.471. The van der Waals surface area contributed by atoms with E-state index in [1.54, 1.807) is 6.20 Å². The molecule has 2 N–H and O–H groups in total. The molecule has 2 aromatic rings. The Morgan fingerprint density at radius 1 is 1.14 bits per heavy atom. The Morgan fingerprint density at radius 2 is 2.00 bits per heavy atom. The van der Waals surface area contributed by atoms with Gasteiger partial charge in [0.25, 0.3) is 0 Å². The lowest BCUT2D eigenvalue weighted by atomic mass is 10.0. The largest absolute Gasteiger partial charge is 0.370 e. The molecule has 0 amide bonds. The minimum atomic E-state index is 0.615. The van der Waals surface area contributed by atoms with Crippen LogP contribution < -0.4 is 10.6 Å². The third-order valence-corrected chi connectivity index (χ3v) is 3.66. The molecule has 1 atom stereocenters. The van der Waals surface area contributed by atoms with Crippen molar-refractivity contribution in [3.63, 3.8) is 0 Å². The van der Waals surface area contributed by atoms with Crippen LogP contribution in [0.2, 0.25) is 0 Å². The summed E-state index contributed by atoms with van der Waals surface area (Å²) in [5.74, 6) is 2.29. The number of nitrogens with zero attached hydrogens (tertiary/aromatic N) is 3. The zero-order valence-corrected chi connectivity index (χ0v) is 13.6. The fourth-order valence-electron chi connectivity index (χ4n) is 2.37. The average Bonchev–Trinajstić information content (AvgIpc) is 2.56. The van der Waals surface area contributed by atoms with Gasteiger partial charge < -0.3 is 10.6 Å². The summed E-state index contributed by atoms with van der Waals surface area (Å²) in [4.78, 5) is 13.0. The highest BCUT2D eigenvalue weighted by Crippen LogP contribution is 2.18. The van der Waals surface area contributed by atoms with Gasteiger partial charge in [-0.2, -0.15) is 0 Å². The molecule has 118 valence electrons. The Balaban J connectivity index is 1.92. The van der Waals surface area contributed by atoms with Crippen molar-refractivity contribution in [2.24, 2.45) is 5.92 Å². The molecule has 0 bridgehead atoms. The van der Waals surface area contributed by atoms with E-state index in [1.165, 1.54) is 19.3 Å². The summed E-state index contributed by atoms with van der Waals surface area (Å²) in [6, 6.07) is 5.92. The number of pyridine rings is 1. The predicted octanol–water partition coefficient (Wildman–Crippen LogP) is 3.82. The number of nitrogens with one attached hydrogen (secondary N) is 2. The van der Waals surface area contributed by atoms with Crippen molar-refractivity contribution in [2.75, 3.05) is 24.2 Å². The van der Waals surface area contributed by atoms with Gasteiger partial charge in [-0.1, -0.05) is 26.7 Å². The summed E-state index contributed by atoms with van der Waals surface area (Å²) in [5, 5.41) is 6.32. The molecule has 2 heterocycles. The number of anilines is 2. The van der Waals surface area contributed by atoms with E-state index in [2.05, 4.69) is 39.4 Å². The molecule has 0 saturated carbocycles. The third-order valence-electron chi connectivity index (χ3n) is 3.66. The van der Waals surface area contributed by atoms with Crippen molar-refractivity contribution in [3.05, 3.63) is 30.6 Å². The van der Waals surface area contributed by atoms with Crippen molar-refractivity contribution >= 4 is 11.8 Å². The standard InChI is InChI=1S/C17H25N5/c1-4-5-13(2)8-10-19-16-7-6-14(12-21-16)15-9-11-20-17(18-3)22-15/h6-7,9,11-13H,4-5,8,10H2,1-3H3,(H,19,21)(H,18,20,22). The van der Waals surface area contributed by atoms with Crippen LogP contribution in [0, 0.1) is 5.92 Å². The third kappa shape index (κ3) is 4.69. The van der Waals surface area contributed by atoms with Gasteiger partial charge in [0.2, 0.25) is 5.95 Å². The highest BCUT2D eigenvalue weighted by atomic mass is 15.1. The molecule has 5 heteroatoms. The van der Waals surface area contributed by atoms with Gasteiger partial charge in [-0.05, 0) is 30.5 Å². The molecule has 0 aliphatic heterocycles. The van der Waals surface area contributed by atoms with Gasteiger partial charge in [0, 0.05) is 31.5 Å². The number of aromatic nitrogens is 3. The van der Waals surface area contributed by atoms with Gasteiger partial charge in [-0.3, -0.25) is 0 Å². The fourth-order valence-corrected chi connectivity index (χ4v) is 2.37. The SMILES string of the molecule is CCCC(C)CCNc1ccc(-c2ccnc(NC)n2)cn1. The van der Waals surface area contributed by atoms with Crippen LogP contribution in [-0.4, -0.2) is 28.5 Å². The Kier molecular flexibility index (Phi) is 6.13. The lowest BCUT2D eigenvalue weighted by molar-refractivity contribution is 0.499. The summed E-state index contributed by atoms with van der Waals surface area (Å²) in [7, 11) is 1.81. The van der Waals surface area contributed by atoms with Crippen molar-refractivity contribution in [3.8, 4) is 11.3 Å². The maximum absolute atomic E-state index is 4.46. The zero-order valence-electron chi connectivity index (χ0n) is 13.6. The first kappa shape index (κ1) is 16.2. The van der Waals surface area contributed by atoms with Crippen LogP contribution in [0.4, 0.5) is 11.8 Å². The molecule has 0 radical (unpaired) electrons. The lowest BCUT2D eigenvalue weighted by Gasteiger charge is -2.11.